The van der Waals surface area contributed by atoms with Gasteiger partial charge in [0.1, 0.15) is 17.5 Å². The van der Waals surface area contributed by atoms with Gasteiger partial charge < -0.3 is 15.7 Å². The van der Waals surface area contributed by atoms with Crippen molar-refractivity contribution >= 4 is 11.6 Å². The van der Waals surface area contributed by atoms with Crippen LogP contribution in [0.4, 0.5) is 11.6 Å². The highest BCUT2D eigenvalue weighted by molar-refractivity contribution is 5.57. The lowest BCUT2D eigenvalue weighted by atomic mass is 9.95. The van der Waals surface area contributed by atoms with Gasteiger partial charge in [-0.2, -0.15) is 0 Å². The number of piperidine rings is 1. The van der Waals surface area contributed by atoms with E-state index in [0.717, 1.165) is 36.6 Å². The maximum absolute atomic E-state index is 10.2. The molecule has 1 saturated carbocycles. The van der Waals surface area contributed by atoms with Crippen molar-refractivity contribution in [2.24, 2.45) is 0 Å². The van der Waals surface area contributed by atoms with Crippen molar-refractivity contribution in [3.63, 3.8) is 0 Å². The molecule has 19 heavy (non-hydrogen) atoms. The van der Waals surface area contributed by atoms with Gasteiger partial charge in [-0.1, -0.05) is 0 Å². The van der Waals surface area contributed by atoms with E-state index in [1.807, 2.05) is 13.8 Å². The third-order valence-electron chi connectivity index (χ3n) is 4.09. The summed E-state index contributed by atoms with van der Waals surface area (Å²) in [6.07, 6.45) is 4.16. The van der Waals surface area contributed by atoms with Gasteiger partial charge in [0, 0.05) is 24.6 Å². The number of hydrogen-bond donors (Lipinski definition) is 2. The first-order chi connectivity index (χ1) is 8.96. The highest BCUT2D eigenvalue weighted by Gasteiger charge is 2.32. The monoisotopic (exact) mass is 262 g/mol. The zero-order valence-electron chi connectivity index (χ0n) is 11.7. The van der Waals surface area contributed by atoms with Gasteiger partial charge in [0.25, 0.3) is 0 Å². The third kappa shape index (κ3) is 2.52. The third-order valence-corrected chi connectivity index (χ3v) is 4.09. The maximum Gasteiger partial charge on any atom is 0.137 e. The number of hydrogen-bond acceptors (Lipinski definition) is 5. The lowest BCUT2D eigenvalue weighted by Gasteiger charge is -2.38. The van der Waals surface area contributed by atoms with Gasteiger partial charge in [-0.15, -0.1) is 0 Å². The van der Waals surface area contributed by atoms with Gasteiger partial charge in [0.15, 0.2) is 0 Å². The molecule has 1 aliphatic carbocycles. The van der Waals surface area contributed by atoms with E-state index in [1.165, 1.54) is 12.8 Å². The molecule has 0 radical (unpaired) electrons. The summed E-state index contributed by atoms with van der Waals surface area (Å²) < 4.78 is 0. The Kier molecular flexibility index (Phi) is 2.89. The summed E-state index contributed by atoms with van der Waals surface area (Å²) in [5.74, 6) is 2.86. The molecule has 1 saturated heterocycles. The van der Waals surface area contributed by atoms with E-state index in [-0.39, 0.29) is 0 Å². The molecular weight excluding hydrogens is 240 g/mol. The van der Waals surface area contributed by atoms with Crippen LogP contribution in [-0.2, 0) is 0 Å². The van der Waals surface area contributed by atoms with E-state index < -0.39 is 5.60 Å². The second-order valence-corrected chi connectivity index (χ2v) is 6.21. The fraction of sp³-hybridized carbons (Fsp3) is 0.714. The second-order valence-electron chi connectivity index (χ2n) is 6.21. The maximum atomic E-state index is 10.2. The molecule has 1 atom stereocenters. The summed E-state index contributed by atoms with van der Waals surface area (Å²) in [4.78, 5) is 11.3. The number of anilines is 2. The molecule has 5 heteroatoms. The average molecular weight is 262 g/mol. The normalized spacial score (nSPS) is 27.6. The number of β-amino-alcohol motifs (C(OH)–C–C–N with tert-alkyl or cyclic N) is 1. The van der Waals surface area contributed by atoms with Gasteiger partial charge >= 0.3 is 0 Å². The Balaban J connectivity index is 1.94. The summed E-state index contributed by atoms with van der Waals surface area (Å²) >= 11 is 0. The molecule has 1 aromatic rings. The van der Waals surface area contributed by atoms with Crippen LogP contribution in [0.1, 0.15) is 49.9 Å². The number of nitrogens with two attached hydrogens (primary N) is 1. The Morgan fingerprint density at radius 1 is 1.37 bits per heavy atom. The number of rotatable bonds is 2. The summed E-state index contributed by atoms with van der Waals surface area (Å²) in [7, 11) is 0. The molecule has 0 amide bonds. The first-order valence-corrected chi connectivity index (χ1v) is 7.08. The molecule has 1 unspecified atom stereocenters. The first-order valence-electron chi connectivity index (χ1n) is 7.08. The van der Waals surface area contributed by atoms with Gasteiger partial charge in [0.05, 0.1) is 5.60 Å². The number of aliphatic hydroxyl groups is 1. The van der Waals surface area contributed by atoms with E-state index >= 15 is 0 Å². The van der Waals surface area contributed by atoms with E-state index in [4.69, 9.17) is 10.7 Å². The molecule has 1 aliphatic heterocycles. The molecule has 5 nitrogen and oxygen atoms in total. The van der Waals surface area contributed by atoms with Crippen LogP contribution >= 0.6 is 0 Å². The molecule has 2 fully saturated rings. The van der Waals surface area contributed by atoms with Gasteiger partial charge in [0.2, 0.25) is 0 Å². The Morgan fingerprint density at radius 3 is 2.74 bits per heavy atom. The molecular formula is C14H22N4O. The van der Waals surface area contributed by atoms with Crippen molar-refractivity contribution in [1.82, 2.24) is 9.97 Å². The zero-order valence-corrected chi connectivity index (χ0v) is 11.7. The van der Waals surface area contributed by atoms with E-state index in [2.05, 4.69) is 9.88 Å². The Hall–Kier alpha value is -1.36. The standard InChI is InChI=1S/C14H22N4O/c1-9-11(15)16-12(10-4-5-10)17-13(9)18-7-3-6-14(2,19)8-18/h10,19H,3-8H2,1-2H3,(H2,15,16,17). The van der Waals surface area contributed by atoms with Gasteiger partial charge in [-0.05, 0) is 39.5 Å². The van der Waals surface area contributed by atoms with Crippen LogP contribution in [0.25, 0.3) is 0 Å². The minimum atomic E-state index is -0.635. The van der Waals surface area contributed by atoms with Crippen molar-refractivity contribution in [3.8, 4) is 0 Å². The van der Waals surface area contributed by atoms with Gasteiger partial charge in [-0.25, -0.2) is 9.97 Å². The van der Waals surface area contributed by atoms with Crippen LogP contribution in [0.2, 0.25) is 0 Å². The van der Waals surface area contributed by atoms with Crippen LogP contribution in [-0.4, -0.2) is 33.8 Å². The van der Waals surface area contributed by atoms with E-state index in [1.54, 1.807) is 0 Å². The van der Waals surface area contributed by atoms with Crippen molar-refractivity contribution in [1.29, 1.82) is 0 Å². The molecule has 0 aromatic carbocycles. The SMILES string of the molecule is Cc1c(N)nc(C2CC2)nc1N1CCCC(C)(O)C1. The minimum absolute atomic E-state index is 0.493. The predicted molar refractivity (Wildman–Crippen MR) is 75.2 cm³/mol. The molecule has 0 spiro atoms. The largest absolute Gasteiger partial charge is 0.388 e. The summed E-state index contributed by atoms with van der Waals surface area (Å²) in [6, 6.07) is 0. The quantitative estimate of drug-likeness (QED) is 0.846. The van der Waals surface area contributed by atoms with Crippen LogP contribution in [0.15, 0.2) is 0 Å². The van der Waals surface area contributed by atoms with E-state index in [0.29, 0.717) is 18.3 Å². The van der Waals surface area contributed by atoms with Crippen molar-refractivity contribution in [3.05, 3.63) is 11.4 Å². The molecule has 0 bridgehead atoms. The van der Waals surface area contributed by atoms with Crippen molar-refractivity contribution < 1.29 is 5.11 Å². The van der Waals surface area contributed by atoms with Crippen LogP contribution < -0.4 is 10.6 Å². The van der Waals surface area contributed by atoms with Gasteiger partial charge in [-0.3, -0.25) is 0 Å². The number of nitrogens with zero attached hydrogens (tertiary/aromatic N) is 3. The van der Waals surface area contributed by atoms with Crippen molar-refractivity contribution in [2.75, 3.05) is 23.7 Å². The molecule has 3 N–H and O–H groups in total. The van der Waals surface area contributed by atoms with Crippen LogP contribution in [0, 0.1) is 6.92 Å². The fourth-order valence-electron chi connectivity index (χ4n) is 2.77. The first kappa shape index (κ1) is 12.7. The highest BCUT2D eigenvalue weighted by atomic mass is 16.3. The molecule has 2 heterocycles. The minimum Gasteiger partial charge on any atom is -0.388 e. The molecule has 3 rings (SSSR count). The van der Waals surface area contributed by atoms with E-state index in [9.17, 15) is 5.11 Å². The molecule has 104 valence electrons. The number of nitrogen functional groups attached to an aromatic ring is 1. The predicted octanol–water partition coefficient (Wildman–Crippen LogP) is 1.60. The molecule has 2 aliphatic rings. The number of aromatic nitrogens is 2. The Bertz CT molecular complexity index is 496. The average Bonchev–Trinajstić information content (AvgIpc) is 3.15. The fourth-order valence-corrected chi connectivity index (χ4v) is 2.77. The summed E-state index contributed by atoms with van der Waals surface area (Å²) in [5, 5.41) is 10.2. The molecule has 1 aromatic heterocycles. The van der Waals surface area contributed by atoms with Crippen LogP contribution in [0.5, 0.6) is 0 Å². The second kappa shape index (κ2) is 4.34. The Labute approximate surface area is 113 Å². The van der Waals surface area contributed by atoms with Crippen LogP contribution in [0.3, 0.4) is 0 Å². The topological polar surface area (TPSA) is 75.3 Å². The summed E-state index contributed by atoms with van der Waals surface area (Å²) in [5.41, 5.74) is 6.32. The Morgan fingerprint density at radius 2 is 2.11 bits per heavy atom. The zero-order chi connectivity index (χ0) is 13.6. The summed E-state index contributed by atoms with van der Waals surface area (Å²) in [6.45, 7) is 5.40. The lowest BCUT2D eigenvalue weighted by Crippen LogP contribution is -2.46. The smallest absolute Gasteiger partial charge is 0.137 e. The highest BCUT2D eigenvalue weighted by Crippen LogP contribution is 2.40. The lowest BCUT2D eigenvalue weighted by molar-refractivity contribution is 0.0446. The van der Waals surface area contributed by atoms with Crippen molar-refractivity contribution in [2.45, 2.75) is 51.0 Å².